The molecule has 3 rings (SSSR count). The van der Waals surface area contributed by atoms with Crippen molar-refractivity contribution in [3.05, 3.63) is 35.4 Å². The quantitative estimate of drug-likeness (QED) is 0.677. The fourth-order valence-electron chi connectivity index (χ4n) is 4.31. The van der Waals surface area contributed by atoms with E-state index in [1.54, 1.807) is 17.0 Å². The summed E-state index contributed by atoms with van der Waals surface area (Å²) in [6.07, 6.45) is 2.04. The Hall–Kier alpha value is -2.70. The number of nitrogens with zero attached hydrogens (tertiary/aromatic N) is 2. The molecule has 2 aliphatic heterocycles. The Balaban J connectivity index is 1.39. The molecular weight excluding hydrogens is 394 g/mol. The molecule has 2 aliphatic rings. The van der Waals surface area contributed by atoms with Gasteiger partial charge in [0.05, 0.1) is 5.92 Å². The lowest BCUT2D eigenvalue weighted by molar-refractivity contribution is -0.137. The van der Waals surface area contributed by atoms with E-state index in [0.717, 1.165) is 5.56 Å². The summed E-state index contributed by atoms with van der Waals surface area (Å²) in [4.78, 5) is 53.0. The zero-order valence-corrected chi connectivity index (χ0v) is 18.7. The molecule has 1 aromatic rings. The Morgan fingerprint density at radius 1 is 1.06 bits per heavy atom. The fourth-order valence-corrected chi connectivity index (χ4v) is 4.31. The second-order valence-corrected chi connectivity index (χ2v) is 9.00. The lowest BCUT2D eigenvalue weighted by atomic mass is 10.0. The third-order valence-corrected chi connectivity index (χ3v) is 6.26. The predicted octanol–water partition coefficient (Wildman–Crippen LogP) is 2.32. The van der Waals surface area contributed by atoms with Crippen LogP contribution in [0.4, 0.5) is 0 Å². The molecule has 1 N–H and O–H groups in total. The van der Waals surface area contributed by atoms with E-state index in [4.69, 9.17) is 0 Å². The van der Waals surface area contributed by atoms with Crippen LogP contribution in [0.3, 0.4) is 0 Å². The van der Waals surface area contributed by atoms with Gasteiger partial charge in [-0.1, -0.05) is 29.8 Å². The average Bonchev–Trinajstić information content (AvgIpc) is 3.14. The Morgan fingerprint density at radius 3 is 2.29 bits per heavy atom. The number of piperidine rings is 1. The summed E-state index contributed by atoms with van der Waals surface area (Å²) in [6.45, 7) is 7.56. The van der Waals surface area contributed by atoms with E-state index in [0.29, 0.717) is 44.5 Å². The van der Waals surface area contributed by atoms with Crippen LogP contribution in [0.15, 0.2) is 24.3 Å². The van der Waals surface area contributed by atoms with Gasteiger partial charge in [0, 0.05) is 56.5 Å². The third-order valence-electron chi connectivity index (χ3n) is 6.26. The van der Waals surface area contributed by atoms with Gasteiger partial charge in [-0.15, -0.1) is 0 Å². The van der Waals surface area contributed by atoms with Gasteiger partial charge in [0.1, 0.15) is 0 Å². The molecule has 0 bridgehead atoms. The highest BCUT2D eigenvalue weighted by Gasteiger charge is 2.38. The van der Waals surface area contributed by atoms with E-state index in [9.17, 15) is 19.2 Å². The van der Waals surface area contributed by atoms with Crippen LogP contribution in [0.5, 0.6) is 0 Å². The van der Waals surface area contributed by atoms with Crippen LogP contribution in [0.25, 0.3) is 0 Å². The van der Waals surface area contributed by atoms with Crippen LogP contribution in [-0.4, -0.2) is 65.0 Å². The number of Topliss-reactive ketones (excluding diaryl/α,β-unsaturated/α-hetero) is 1. The van der Waals surface area contributed by atoms with E-state index >= 15 is 0 Å². The zero-order valence-electron chi connectivity index (χ0n) is 18.7. The number of nitrogens with one attached hydrogen (secondary N) is 1. The summed E-state index contributed by atoms with van der Waals surface area (Å²) < 4.78 is 0. The summed E-state index contributed by atoms with van der Waals surface area (Å²) in [6, 6.07) is 7.50. The molecule has 1 unspecified atom stereocenters. The van der Waals surface area contributed by atoms with Crippen molar-refractivity contribution < 1.29 is 19.2 Å². The summed E-state index contributed by atoms with van der Waals surface area (Å²) >= 11 is 0. The van der Waals surface area contributed by atoms with Gasteiger partial charge in [-0.25, -0.2) is 0 Å². The summed E-state index contributed by atoms with van der Waals surface area (Å²) in [5.41, 5.74) is 1.72. The molecule has 7 nitrogen and oxygen atoms in total. The maximum atomic E-state index is 12.8. The van der Waals surface area contributed by atoms with Crippen molar-refractivity contribution in [3.63, 3.8) is 0 Å². The van der Waals surface area contributed by atoms with Crippen molar-refractivity contribution in [2.24, 2.45) is 5.92 Å². The summed E-state index contributed by atoms with van der Waals surface area (Å²) in [5.74, 6) is -0.314. The fraction of sp³-hybridized carbons (Fsp3) is 0.583. The highest BCUT2D eigenvalue weighted by atomic mass is 16.2. The topological polar surface area (TPSA) is 86.8 Å². The molecule has 31 heavy (non-hydrogen) atoms. The van der Waals surface area contributed by atoms with E-state index in [-0.39, 0.29) is 54.3 Å². The molecule has 0 aliphatic carbocycles. The Labute approximate surface area is 184 Å². The summed E-state index contributed by atoms with van der Waals surface area (Å²) in [7, 11) is 0. The molecule has 2 saturated heterocycles. The maximum Gasteiger partial charge on any atom is 0.227 e. The molecule has 0 radical (unpaired) electrons. The monoisotopic (exact) mass is 427 g/mol. The lowest BCUT2D eigenvalue weighted by Crippen LogP contribution is -2.48. The average molecular weight is 428 g/mol. The Morgan fingerprint density at radius 2 is 1.71 bits per heavy atom. The molecule has 0 saturated carbocycles. The van der Waals surface area contributed by atoms with Crippen LogP contribution in [0.2, 0.25) is 0 Å². The van der Waals surface area contributed by atoms with Gasteiger partial charge in [-0.05, 0) is 33.6 Å². The SMILES string of the molecule is Cc1ccc(C(=O)CCC(=O)NC2CCN(C(=O)C3CC(=O)N(C(C)C)C3)CC2)cc1. The molecule has 168 valence electrons. The van der Waals surface area contributed by atoms with E-state index in [1.807, 2.05) is 37.8 Å². The Bertz CT molecular complexity index is 826. The number of benzene rings is 1. The molecule has 7 heteroatoms. The number of hydrogen-bond acceptors (Lipinski definition) is 4. The number of carbonyl (C=O) groups excluding carboxylic acids is 4. The molecule has 0 spiro atoms. The first kappa shape index (κ1) is 23.0. The van der Waals surface area contributed by atoms with Gasteiger partial charge >= 0.3 is 0 Å². The molecule has 2 fully saturated rings. The van der Waals surface area contributed by atoms with Crippen molar-refractivity contribution >= 4 is 23.5 Å². The van der Waals surface area contributed by atoms with Gasteiger partial charge in [-0.2, -0.15) is 0 Å². The number of aryl methyl sites for hydroxylation is 1. The van der Waals surface area contributed by atoms with Gasteiger partial charge in [-0.3, -0.25) is 19.2 Å². The third kappa shape index (κ3) is 5.93. The van der Waals surface area contributed by atoms with E-state index in [1.165, 1.54) is 0 Å². The minimum atomic E-state index is -0.256. The van der Waals surface area contributed by atoms with Crippen molar-refractivity contribution in [1.82, 2.24) is 15.1 Å². The first-order chi connectivity index (χ1) is 14.7. The highest BCUT2D eigenvalue weighted by molar-refractivity contribution is 5.98. The molecule has 2 heterocycles. The molecule has 1 atom stereocenters. The molecule has 1 aromatic carbocycles. The minimum absolute atomic E-state index is 0.0170. The van der Waals surface area contributed by atoms with Gasteiger partial charge < -0.3 is 15.1 Å². The zero-order chi connectivity index (χ0) is 22.5. The van der Waals surface area contributed by atoms with Crippen LogP contribution < -0.4 is 5.32 Å². The van der Waals surface area contributed by atoms with E-state index < -0.39 is 0 Å². The first-order valence-electron chi connectivity index (χ1n) is 11.2. The van der Waals surface area contributed by atoms with Crippen LogP contribution in [0.1, 0.15) is 61.9 Å². The Kier molecular flexibility index (Phi) is 7.46. The molecular formula is C24H33N3O4. The second kappa shape index (κ2) is 10.1. The predicted molar refractivity (Wildman–Crippen MR) is 117 cm³/mol. The normalized spacial score (nSPS) is 19.7. The number of ketones is 1. The molecule has 3 amide bonds. The number of likely N-dealkylation sites (tertiary alicyclic amines) is 2. The molecule has 0 aromatic heterocycles. The maximum absolute atomic E-state index is 12.8. The van der Waals surface area contributed by atoms with Gasteiger partial charge in [0.15, 0.2) is 5.78 Å². The van der Waals surface area contributed by atoms with Crippen LogP contribution in [-0.2, 0) is 14.4 Å². The number of rotatable bonds is 7. The lowest BCUT2D eigenvalue weighted by Gasteiger charge is -2.34. The second-order valence-electron chi connectivity index (χ2n) is 9.00. The van der Waals surface area contributed by atoms with E-state index in [2.05, 4.69) is 5.32 Å². The largest absolute Gasteiger partial charge is 0.353 e. The number of hydrogen-bond donors (Lipinski definition) is 1. The van der Waals surface area contributed by atoms with Gasteiger partial charge in [0.25, 0.3) is 0 Å². The van der Waals surface area contributed by atoms with Crippen molar-refractivity contribution in [1.29, 1.82) is 0 Å². The van der Waals surface area contributed by atoms with Crippen LogP contribution in [0, 0.1) is 12.8 Å². The standard InChI is InChI=1S/C24H33N3O4/c1-16(2)27-15-19(14-23(27)30)24(31)26-12-10-20(11-13-26)25-22(29)9-8-21(28)18-6-4-17(3)5-7-18/h4-7,16,19-20H,8-15H2,1-3H3,(H,25,29). The number of carbonyl (C=O) groups is 4. The smallest absolute Gasteiger partial charge is 0.227 e. The van der Waals surface area contributed by atoms with Crippen molar-refractivity contribution in [2.45, 2.75) is 65.0 Å². The van der Waals surface area contributed by atoms with Gasteiger partial charge in [0.2, 0.25) is 17.7 Å². The van der Waals surface area contributed by atoms with Crippen LogP contribution >= 0.6 is 0 Å². The highest BCUT2D eigenvalue weighted by Crippen LogP contribution is 2.24. The van der Waals surface area contributed by atoms with Crippen molar-refractivity contribution in [3.8, 4) is 0 Å². The summed E-state index contributed by atoms with van der Waals surface area (Å²) in [5, 5.41) is 3.00. The first-order valence-corrected chi connectivity index (χ1v) is 11.2. The minimum Gasteiger partial charge on any atom is -0.353 e. The van der Waals surface area contributed by atoms with Crippen molar-refractivity contribution in [2.75, 3.05) is 19.6 Å². The number of amides is 3.